The molecule has 0 saturated carbocycles. The van der Waals surface area contributed by atoms with Crippen LogP contribution in [0.1, 0.15) is 34.0 Å². The minimum Gasteiger partial charge on any atom is -0.479 e. The molecule has 0 spiro atoms. The second kappa shape index (κ2) is 8.35. The van der Waals surface area contributed by atoms with Crippen LogP contribution in [0.25, 0.3) is 11.1 Å². The lowest BCUT2D eigenvalue weighted by Crippen LogP contribution is -2.42. The van der Waals surface area contributed by atoms with Gasteiger partial charge in [0.15, 0.2) is 5.60 Å². The third-order valence-electron chi connectivity index (χ3n) is 6.37. The highest BCUT2D eigenvalue weighted by Crippen LogP contribution is 2.44. The Morgan fingerprint density at radius 1 is 1.06 bits per heavy atom. The first-order valence-electron chi connectivity index (χ1n) is 10.8. The van der Waals surface area contributed by atoms with Crippen molar-refractivity contribution in [2.75, 3.05) is 25.0 Å². The summed E-state index contributed by atoms with van der Waals surface area (Å²) in [5.74, 6) is -2.29. The van der Waals surface area contributed by atoms with Gasteiger partial charge in [0.2, 0.25) is 5.76 Å². The summed E-state index contributed by atoms with van der Waals surface area (Å²) in [5, 5.41) is 21.8. The summed E-state index contributed by atoms with van der Waals surface area (Å²) in [5.41, 5.74) is 2.49. The number of hydrogen-bond acceptors (Lipinski definition) is 6. The Bertz CT molecular complexity index is 1240. The third kappa shape index (κ3) is 3.69. The number of anilines is 1. The van der Waals surface area contributed by atoms with Gasteiger partial charge in [-0.15, -0.1) is 0 Å². The molecule has 1 aromatic heterocycles. The molecule has 5 rings (SSSR count). The van der Waals surface area contributed by atoms with Crippen molar-refractivity contribution < 1.29 is 33.8 Å². The molecule has 3 aromatic rings. The van der Waals surface area contributed by atoms with Gasteiger partial charge in [0.05, 0.1) is 18.5 Å². The molecule has 2 aliphatic rings. The minimum atomic E-state index is -2.00. The number of amides is 2. The molecular formula is C25H22N2O7. The van der Waals surface area contributed by atoms with E-state index in [0.29, 0.717) is 0 Å². The number of ether oxygens (including phenoxy) is 1. The molecule has 0 radical (unpaired) electrons. The van der Waals surface area contributed by atoms with Crippen molar-refractivity contribution in [3.05, 3.63) is 77.7 Å². The fraction of sp³-hybridized carbons (Fsp3) is 0.240. The van der Waals surface area contributed by atoms with Crippen LogP contribution in [0.15, 0.2) is 65.3 Å². The van der Waals surface area contributed by atoms with Crippen molar-refractivity contribution in [1.29, 1.82) is 0 Å². The molecule has 3 N–H and O–H groups in total. The fourth-order valence-corrected chi connectivity index (χ4v) is 4.60. The van der Waals surface area contributed by atoms with Gasteiger partial charge >= 0.3 is 12.1 Å². The van der Waals surface area contributed by atoms with Crippen LogP contribution in [-0.4, -0.2) is 58.4 Å². The van der Waals surface area contributed by atoms with Crippen molar-refractivity contribution in [3.63, 3.8) is 0 Å². The number of likely N-dealkylation sites (tertiary alicyclic amines) is 1. The van der Waals surface area contributed by atoms with Crippen LogP contribution in [0.5, 0.6) is 0 Å². The fourth-order valence-electron chi connectivity index (χ4n) is 4.60. The number of carbonyl (C=O) groups is 3. The first-order chi connectivity index (χ1) is 16.4. The van der Waals surface area contributed by atoms with Gasteiger partial charge in [0.1, 0.15) is 6.61 Å². The summed E-state index contributed by atoms with van der Waals surface area (Å²) >= 11 is 0. The number of nitrogens with one attached hydrogen (secondary N) is 1. The van der Waals surface area contributed by atoms with Gasteiger partial charge in [-0.05, 0) is 22.3 Å². The van der Waals surface area contributed by atoms with Gasteiger partial charge in [-0.1, -0.05) is 48.5 Å². The third-order valence-corrected chi connectivity index (χ3v) is 6.37. The molecule has 1 aliphatic carbocycles. The summed E-state index contributed by atoms with van der Waals surface area (Å²) in [6.45, 7) is -0.211. The van der Waals surface area contributed by atoms with Crippen LogP contribution in [0, 0.1) is 0 Å². The molecule has 1 saturated heterocycles. The Morgan fingerprint density at radius 3 is 2.32 bits per heavy atom. The Morgan fingerprint density at radius 2 is 1.71 bits per heavy atom. The van der Waals surface area contributed by atoms with Crippen LogP contribution < -0.4 is 5.32 Å². The number of hydrogen-bond donors (Lipinski definition) is 3. The number of carboxylic acids is 1. The Kier molecular flexibility index (Phi) is 5.33. The van der Waals surface area contributed by atoms with Gasteiger partial charge in [0, 0.05) is 24.9 Å². The van der Waals surface area contributed by atoms with Crippen molar-refractivity contribution in [1.82, 2.24) is 4.90 Å². The predicted octanol–water partition coefficient (Wildman–Crippen LogP) is 3.30. The van der Waals surface area contributed by atoms with E-state index in [2.05, 4.69) is 5.32 Å². The number of rotatable bonds is 5. The second-order valence-electron chi connectivity index (χ2n) is 8.43. The van der Waals surface area contributed by atoms with Gasteiger partial charge in [-0.3, -0.25) is 10.1 Å². The van der Waals surface area contributed by atoms with E-state index >= 15 is 0 Å². The van der Waals surface area contributed by atoms with E-state index in [0.717, 1.165) is 22.3 Å². The number of fused-ring (bicyclic) bond motifs is 3. The highest BCUT2D eigenvalue weighted by molar-refractivity contribution is 6.01. The monoisotopic (exact) mass is 462 g/mol. The average molecular weight is 462 g/mol. The number of β-amino-alcohol motifs (C(OH)–C–C–N with tert-alkyl or cyclic N) is 1. The number of benzene rings is 2. The largest absolute Gasteiger partial charge is 0.479 e. The van der Waals surface area contributed by atoms with Gasteiger partial charge in [0.25, 0.3) is 5.91 Å². The van der Waals surface area contributed by atoms with Gasteiger partial charge in [-0.25, -0.2) is 9.59 Å². The molecule has 2 aromatic carbocycles. The predicted molar refractivity (Wildman–Crippen MR) is 121 cm³/mol. The molecule has 2 heterocycles. The maximum atomic E-state index is 12.8. The second-order valence-corrected chi connectivity index (χ2v) is 8.43. The van der Waals surface area contributed by atoms with E-state index < -0.39 is 23.6 Å². The standard InChI is InChI=1S/C25H22N2O7/c28-22(27-11-10-25(32,14-27)23(29)30)21-20(9-12-33-21)26-24(31)34-13-19-17-7-3-1-5-15(17)16-6-2-4-8-18(16)19/h1-9,12,19,32H,10-11,13-14H2,(H,26,31)(H,29,30). The number of carboxylic acid groups (broad SMARTS) is 1. The molecular weight excluding hydrogens is 440 g/mol. The first-order valence-corrected chi connectivity index (χ1v) is 10.8. The Labute approximate surface area is 194 Å². The Hall–Kier alpha value is -4.11. The maximum Gasteiger partial charge on any atom is 0.411 e. The summed E-state index contributed by atoms with van der Waals surface area (Å²) < 4.78 is 10.8. The molecule has 1 atom stereocenters. The summed E-state index contributed by atoms with van der Waals surface area (Å²) in [4.78, 5) is 37.8. The summed E-state index contributed by atoms with van der Waals surface area (Å²) in [7, 11) is 0. The lowest BCUT2D eigenvalue weighted by atomic mass is 9.98. The van der Waals surface area contributed by atoms with Crippen molar-refractivity contribution in [2.45, 2.75) is 17.9 Å². The molecule has 9 nitrogen and oxygen atoms in total. The highest BCUT2D eigenvalue weighted by atomic mass is 16.5. The summed E-state index contributed by atoms with van der Waals surface area (Å²) in [6.07, 6.45) is 0.399. The molecule has 1 unspecified atom stereocenters. The first kappa shape index (κ1) is 21.7. The lowest BCUT2D eigenvalue weighted by molar-refractivity contribution is -0.156. The van der Waals surface area contributed by atoms with Crippen LogP contribution in [0.2, 0.25) is 0 Å². The number of aliphatic hydroxyl groups is 1. The highest BCUT2D eigenvalue weighted by Gasteiger charge is 2.45. The van der Waals surface area contributed by atoms with E-state index in [1.54, 1.807) is 0 Å². The van der Waals surface area contributed by atoms with Crippen LogP contribution in [0.3, 0.4) is 0 Å². The number of aliphatic carboxylic acids is 1. The number of nitrogens with zero attached hydrogens (tertiary/aromatic N) is 1. The van der Waals surface area contributed by atoms with Crippen LogP contribution in [0.4, 0.5) is 10.5 Å². The quantitative estimate of drug-likeness (QED) is 0.530. The zero-order valence-corrected chi connectivity index (χ0v) is 18.1. The lowest BCUT2D eigenvalue weighted by Gasteiger charge is -2.19. The molecule has 1 aliphatic heterocycles. The summed E-state index contributed by atoms with van der Waals surface area (Å²) in [6, 6.07) is 17.4. The molecule has 9 heteroatoms. The van der Waals surface area contributed by atoms with Crippen LogP contribution in [-0.2, 0) is 9.53 Å². The van der Waals surface area contributed by atoms with Crippen LogP contribution >= 0.6 is 0 Å². The zero-order valence-electron chi connectivity index (χ0n) is 18.1. The van der Waals surface area contributed by atoms with Crippen molar-refractivity contribution in [2.24, 2.45) is 0 Å². The van der Waals surface area contributed by atoms with E-state index in [-0.39, 0.29) is 43.5 Å². The minimum absolute atomic E-state index is 0.0483. The van der Waals surface area contributed by atoms with Gasteiger partial charge < -0.3 is 24.3 Å². The molecule has 174 valence electrons. The van der Waals surface area contributed by atoms with E-state index in [9.17, 15) is 19.5 Å². The average Bonchev–Trinajstić information content (AvgIpc) is 3.54. The van der Waals surface area contributed by atoms with Crippen molar-refractivity contribution >= 4 is 23.7 Å². The number of carbonyl (C=O) groups excluding carboxylic acids is 2. The normalized spacial score (nSPS) is 18.9. The Balaban J connectivity index is 1.25. The topological polar surface area (TPSA) is 129 Å². The molecule has 2 amide bonds. The smallest absolute Gasteiger partial charge is 0.411 e. The maximum absolute atomic E-state index is 12.8. The van der Waals surface area contributed by atoms with E-state index in [1.165, 1.54) is 17.2 Å². The molecule has 34 heavy (non-hydrogen) atoms. The molecule has 1 fully saturated rings. The number of furan rings is 1. The SMILES string of the molecule is O=C(Nc1ccoc1C(=O)N1CCC(O)(C(=O)O)C1)OCC1c2ccccc2-c2ccccc21. The van der Waals surface area contributed by atoms with E-state index in [1.807, 2.05) is 48.5 Å². The van der Waals surface area contributed by atoms with Crippen molar-refractivity contribution in [3.8, 4) is 11.1 Å². The zero-order chi connectivity index (χ0) is 23.9. The van der Waals surface area contributed by atoms with E-state index in [4.69, 9.17) is 14.3 Å². The molecule has 0 bridgehead atoms. The van der Waals surface area contributed by atoms with Gasteiger partial charge in [-0.2, -0.15) is 0 Å².